The van der Waals surface area contributed by atoms with Gasteiger partial charge in [0.15, 0.2) is 0 Å². The largest absolute Gasteiger partial charge is 0.324 e. The lowest BCUT2D eigenvalue weighted by Crippen LogP contribution is -2.48. The molecule has 0 radical (unpaired) electrons. The molecule has 3 nitrogen and oxygen atoms in total. The van der Waals surface area contributed by atoms with Crippen molar-refractivity contribution in [3.63, 3.8) is 0 Å². The van der Waals surface area contributed by atoms with Crippen LogP contribution in [0.4, 0.5) is 5.69 Å². The maximum atomic E-state index is 12.0. The summed E-state index contributed by atoms with van der Waals surface area (Å²) in [5.41, 5.74) is 8.27. The van der Waals surface area contributed by atoms with Crippen molar-refractivity contribution < 1.29 is 4.79 Å². The zero-order valence-electron chi connectivity index (χ0n) is 11.1. The highest BCUT2D eigenvalue weighted by molar-refractivity contribution is 5.97. The van der Waals surface area contributed by atoms with E-state index in [1.165, 1.54) is 0 Å². The zero-order valence-corrected chi connectivity index (χ0v) is 11.1. The lowest BCUT2D eigenvalue weighted by Gasteiger charge is -2.23. The third-order valence-corrected chi connectivity index (χ3v) is 2.77. The first-order valence-corrected chi connectivity index (χ1v) is 6.04. The lowest BCUT2D eigenvalue weighted by atomic mass is 9.96. The van der Waals surface area contributed by atoms with Crippen molar-refractivity contribution in [3.05, 3.63) is 29.3 Å². The van der Waals surface area contributed by atoms with Crippen molar-refractivity contribution in [1.29, 1.82) is 0 Å². The Morgan fingerprint density at radius 1 is 1.29 bits per heavy atom. The lowest BCUT2D eigenvalue weighted by molar-refractivity contribution is -0.120. The average Bonchev–Trinajstić information content (AvgIpc) is 2.15. The zero-order chi connectivity index (χ0) is 13.1. The first-order chi connectivity index (χ1) is 7.85. The number of nitrogens with two attached hydrogens (primary N) is 1. The van der Waals surface area contributed by atoms with Gasteiger partial charge >= 0.3 is 0 Å². The highest BCUT2D eigenvalue weighted by Gasteiger charge is 2.27. The van der Waals surface area contributed by atoms with Crippen molar-refractivity contribution in [2.45, 2.75) is 46.1 Å². The van der Waals surface area contributed by atoms with E-state index in [1.54, 1.807) is 6.92 Å². The molecule has 0 fully saturated rings. The molecule has 94 valence electrons. The second-order valence-corrected chi connectivity index (χ2v) is 5.00. The number of carbonyl (C=O) groups is 1. The molecule has 0 heterocycles. The van der Waals surface area contributed by atoms with Gasteiger partial charge in [-0.1, -0.05) is 19.4 Å². The number of anilines is 1. The molecule has 0 aliphatic heterocycles. The minimum atomic E-state index is -0.799. The van der Waals surface area contributed by atoms with E-state index in [9.17, 15) is 4.79 Å². The molecule has 0 saturated heterocycles. The molecule has 1 unspecified atom stereocenters. The van der Waals surface area contributed by atoms with E-state index >= 15 is 0 Å². The van der Waals surface area contributed by atoms with Gasteiger partial charge in [0, 0.05) is 5.69 Å². The summed E-state index contributed by atoms with van der Waals surface area (Å²) in [5.74, 6) is -0.121. The molecule has 1 amide bonds. The van der Waals surface area contributed by atoms with Crippen LogP contribution in [0.1, 0.15) is 37.8 Å². The predicted octanol–water partition coefficient (Wildman–Crippen LogP) is 2.76. The third-order valence-electron chi connectivity index (χ3n) is 2.77. The number of hydrogen-bond donors (Lipinski definition) is 2. The fourth-order valence-corrected chi connectivity index (χ4v) is 1.95. The van der Waals surface area contributed by atoms with Gasteiger partial charge in [-0.25, -0.2) is 0 Å². The number of hydrogen-bond acceptors (Lipinski definition) is 2. The summed E-state index contributed by atoms with van der Waals surface area (Å²) in [4.78, 5) is 12.0. The number of rotatable bonds is 4. The topological polar surface area (TPSA) is 55.1 Å². The number of amides is 1. The van der Waals surface area contributed by atoms with Gasteiger partial charge < -0.3 is 11.1 Å². The fraction of sp³-hybridized carbons (Fsp3) is 0.500. The summed E-state index contributed by atoms with van der Waals surface area (Å²) >= 11 is 0. The monoisotopic (exact) mass is 234 g/mol. The van der Waals surface area contributed by atoms with Crippen LogP contribution in [-0.4, -0.2) is 11.4 Å². The quantitative estimate of drug-likeness (QED) is 0.841. The average molecular weight is 234 g/mol. The Balaban J connectivity index is 2.80. The Bertz CT molecular complexity index is 390. The molecule has 1 aromatic carbocycles. The van der Waals surface area contributed by atoms with Gasteiger partial charge in [0.05, 0.1) is 5.54 Å². The Labute approximate surface area is 103 Å². The third kappa shape index (κ3) is 3.86. The van der Waals surface area contributed by atoms with Crippen LogP contribution in [0.3, 0.4) is 0 Å². The molecule has 0 aliphatic carbocycles. The highest BCUT2D eigenvalue weighted by atomic mass is 16.2. The summed E-state index contributed by atoms with van der Waals surface area (Å²) in [5, 5.41) is 2.88. The molecular formula is C14H22N2O. The van der Waals surface area contributed by atoms with Crippen molar-refractivity contribution in [2.75, 3.05) is 5.32 Å². The molecule has 1 aromatic rings. The van der Waals surface area contributed by atoms with Crippen LogP contribution >= 0.6 is 0 Å². The molecule has 17 heavy (non-hydrogen) atoms. The van der Waals surface area contributed by atoms with Gasteiger partial charge in [-0.3, -0.25) is 4.79 Å². The Morgan fingerprint density at radius 2 is 1.82 bits per heavy atom. The van der Waals surface area contributed by atoms with E-state index in [4.69, 9.17) is 5.73 Å². The second kappa shape index (κ2) is 5.32. The number of nitrogens with one attached hydrogen (secondary N) is 1. The first-order valence-electron chi connectivity index (χ1n) is 6.04. The van der Waals surface area contributed by atoms with Crippen LogP contribution < -0.4 is 11.1 Å². The van der Waals surface area contributed by atoms with Crippen LogP contribution in [-0.2, 0) is 4.79 Å². The van der Waals surface area contributed by atoms with Crippen molar-refractivity contribution in [1.82, 2.24) is 0 Å². The molecule has 3 heteroatoms. The summed E-state index contributed by atoms with van der Waals surface area (Å²) in [6, 6.07) is 5.98. The fourth-order valence-electron chi connectivity index (χ4n) is 1.95. The summed E-state index contributed by atoms with van der Waals surface area (Å²) in [6.45, 7) is 7.82. The Morgan fingerprint density at radius 3 is 2.29 bits per heavy atom. The first kappa shape index (κ1) is 13.7. The molecule has 0 spiro atoms. The Kier molecular flexibility index (Phi) is 4.29. The number of aryl methyl sites for hydroxylation is 2. The molecule has 0 aromatic heterocycles. The molecule has 0 aliphatic rings. The van der Waals surface area contributed by atoms with Gasteiger partial charge in [-0.05, 0) is 50.5 Å². The second-order valence-electron chi connectivity index (χ2n) is 5.00. The predicted molar refractivity (Wildman–Crippen MR) is 72.0 cm³/mol. The number of benzene rings is 1. The molecule has 0 bridgehead atoms. The minimum absolute atomic E-state index is 0.121. The van der Waals surface area contributed by atoms with Crippen LogP contribution in [0.15, 0.2) is 18.2 Å². The van der Waals surface area contributed by atoms with Gasteiger partial charge in [0.1, 0.15) is 0 Å². The van der Waals surface area contributed by atoms with E-state index in [2.05, 4.69) is 11.4 Å². The van der Waals surface area contributed by atoms with E-state index in [1.807, 2.05) is 32.9 Å². The van der Waals surface area contributed by atoms with Crippen molar-refractivity contribution in [3.8, 4) is 0 Å². The van der Waals surface area contributed by atoms with E-state index in [0.29, 0.717) is 6.42 Å². The van der Waals surface area contributed by atoms with Gasteiger partial charge in [0.25, 0.3) is 0 Å². The summed E-state index contributed by atoms with van der Waals surface area (Å²) < 4.78 is 0. The van der Waals surface area contributed by atoms with Crippen LogP contribution in [0.2, 0.25) is 0 Å². The van der Waals surface area contributed by atoms with E-state index < -0.39 is 5.54 Å². The molecule has 3 N–H and O–H groups in total. The summed E-state index contributed by atoms with van der Waals surface area (Å²) in [6.07, 6.45) is 1.58. The number of carbonyl (C=O) groups excluding carboxylic acids is 1. The maximum absolute atomic E-state index is 12.0. The van der Waals surface area contributed by atoms with E-state index in [0.717, 1.165) is 23.2 Å². The molecular weight excluding hydrogens is 212 g/mol. The van der Waals surface area contributed by atoms with Crippen LogP contribution in [0.5, 0.6) is 0 Å². The smallest absolute Gasteiger partial charge is 0.244 e. The maximum Gasteiger partial charge on any atom is 0.244 e. The van der Waals surface area contributed by atoms with Gasteiger partial charge in [-0.2, -0.15) is 0 Å². The van der Waals surface area contributed by atoms with Crippen molar-refractivity contribution in [2.24, 2.45) is 5.73 Å². The molecule has 0 saturated carbocycles. The highest BCUT2D eigenvalue weighted by Crippen LogP contribution is 2.17. The normalized spacial score (nSPS) is 14.2. The molecule has 1 atom stereocenters. The SMILES string of the molecule is CCCC(C)(N)C(=O)Nc1cc(C)cc(C)c1. The van der Waals surface area contributed by atoms with Crippen LogP contribution in [0, 0.1) is 13.8 Å². The minimum Gasteiger partial charge on any atom is -0.324 e. The van der Waals surface area contributed by atoms with Crippen molar-refractivity contribution >= 4 is 11.6 Å². The summed E-state index contributed by atoms with van der Waals surface area (Å²) in [7, 11) is 0. The van der Waals surface area contributed by atoms with Crippen LogP contribution in [0.25, 0.3) is 0 Å². The van der Waals surface area contributed by atoms with E-state index in [-0.39, 0.29) is 5.91 Å². The standard InChI is InChI=1S/C14H22N2O/c1-5-6-14(4,15)13(17)16-12-8-10(2)7-11(3)9-12/h7-9H,5-6,15H2,1-4H3,(H,16,17). The van der Waals surface area contributed by atoms with Gasteiger partial charge in [-0.15, -0.1) is 0 Å². The molecule has 1 rings (SSSR count). The van der Waals surface area contributed by atoms with Gasteiger partial charge in [0.2, 0.25) is 5.91 Å². The Hall–Kier alpha value is -1.35.